The summed E-state index contributed by atoms with van der Waals surface area (Å²) in [5.41, 5.74) is 6.23. The highest BCUT2D eigenvalue weighted by Crippen LogP contribution is 2.41. The Balaban J connectivity index is 1.02. The predicted octanol–water partition coefficient (Wildman–Crippen LogP) is 7.56. The Morgan fingerprint density at radius 3 is 2.51 bits per heavy atom. The van der Waals surface area contributed by atoms with E-state index in [-0.39, 0.29) is 0 Å². The first kappa shape index (κ1) is 28.1. The van der Waals surface area contributed by atoms with Gasteiger partial charge in [-0.2, -0.15) is 4.98 Å². The fraction of sp³-hybridized carbons (Fsp3) is 0.353. The molecular formula is C34H38ClN5S. The molecule has 1 saturated carbocycles. The number of thiophene rings is 1. The van der Waals surface area contributed by atoms with Crippen LogP contribution in [0.4, 0.5) is 0 Å². The number of fused-ring (bicyclic) bond motifs is 1. The molecule has 7 heteroatoms. The summed E-state index contributed by atoms with van der Waals surface area (Å²) in [5, 5.41) is 11.0. The van der Waals surface area contributed by atoms with Crippen LogP contribution in [0.3, 0.4) is 0 Å². The van der Waals surface area contributed by atoms with Crippen LogP contribution in [-0.4, -0.2) is 40.7 Å². The largest absolute Gasteiger partial charge is 0.329 e. The molecule has 1 fully saturated rings. The van der Waals surface area contributed by atoms with Gasteiger partial charge in [0, 0.05) is 34.3 Å². The van der Waals surface area contributed by atoms with Gasteiger partial charge >= 0.3 is 0 Å². The quantitative estimate of drug-likeness (QED) is 0.111. The fourth-order valence-corrected chi connectivity index (χ4v) is 7.13. The molecule has 2 atom stereocenters. The highest BCUT2D eigenvalue weighted by atomic mass is 35.5. The fourth-order valence-electron chi connectivity index (χ4n) is 6.06. The smallest absolute Gasteiger partial charge is 0.224 e. The predicted molar refractivity (Wildman–Crippen MR) is 172 cm³/mol. The first-order valence-electron chi connectivity index (χ1n) is 14.8. The molecule has 3 aromatic heterocycles. The SMILES string of the molecule is Clc1ncc2c(-c3cc(Cc4ccccc4)cs3)cn(C3CCC(CNCCCNCCc4ccccc4)C3)c2n1. The molecule has 0 spiro atoms. The molecule has 1 aliphatic rings. The monoisotopic (exact) mass is 583 g/mol. The Bertz CT molecular complexity index is 1530. The molecule has 41 heavy (non-hydrogen) atoms. The van der Waals surface area contributed by atoms with Gasteiger partial charge in [-0.25, -0.2) is 4.98 Å². The van der Waals surface area contributed by atoms with Gasteiger partial charge in [0.05, 0.1) is 0 Å². The third kappa shape index (κ3) is 7.25. The lowest BCUT2D eigenvalue weighted by atomic mass is 10.1. The average molecular weight is 584 g/mol. The van der Waals surface area contributed by atoms with Crippen LogP contribution in [0.5, 0.6) is 0 Å². The number of hydrogen-bond donors (Lipinski definition) is 2. The normalized spacial score (nSPS) is 17.0. The first-order chi connectivity index (χ1) is 20.2. The van der Waals surface area contributed by atoms with Gasteiger partial charge in [-0.05, 0) is 110 Å². The van der Waals surface area contributed by atoms with Crippen LogP contribution in [0.1, 0.15) is 48.4 Å². The molecule has 2 unspecified atom stereocenters. The van der Waals surface area contributed by atoms with E-state index in [1.54, 1.807) is 11.3 Å². The van der Waals surface area contributed by atoms with E-state index in [0.717, 1.165) is 62.9 Å². The van der Waals surface area contributed by atoms with Gasteiger partial charge in [-0.3, -0.25) is 0 Å². The number of halogens is 1. The average Bonchev–Trinajstić information content (AvgIpc) is 3.74. The van der Waals surface area contributed by atoms with Crippen molar-refractivity contribution in [1.29, 1.82) is 0 Å². The van der Waals surface area contributed by atoms with Gasteiger partial charge in [0.1, 0.15) is 5.65 Å². The van der Waals surface area contributed by atoms with Gasteiger partial charge in [-0.15, -0.1) is 11.3 Å². The van der Waals surface area contributed by atoms with E-state index in [2.05, 4.69) is 98.5 Å². The maximum absolute atomic E-state index is 6.29. The van der Waals surface area contributed by atoms with E-state index < -0.39 is 0 Å². The Morgan fingerprint density at radius 2 is 1.68 bits per heavy atom. The van der Waals surface area contributed by atoms with Crippen molar-refractivity contribution in [2.75, 3.05) is 26.2 Å². The standard InChI is InChI=1S/C34H38ClN5S/c35-34-38-22-30-31(32-20-28(24-41-32)18-26-10-5-2-6-11-26)23-40(33(30)39-34)29-13-12-27(19-29)21-37-16-7-15-36-17-14-25-8-3-1-4-9-25/h1-6,8-11,20,22-24,27,29,36-37H,7,12-19,21H2. The van der Waals surface area contributed by atoms with Crippen LogP contribution in [0.25, 0.3) is 21.5 Å². The van der Waals surface area contributed by atoms with Crippen molar-refractivity contribution >= 4 is 34.0 Å². The van der Waals surface area contributed by atoms with Crippen LogP contribution in [0, 0.1) is 5.92 Å². The lowest BCUT2D eigenvalue weighted by Crippen LogP contribution is -2.26. The second-order valence-corrected chi connectivity index (χ2v) is 12.4. The maximum atomic E-state index is 6.29. The summed E-state index contributed by atoms with van der Waals surface area (Å²) >= 11 is 8.09. The van der Waals surface area contributed by atoms with Crippen molar-refractivity contribution in [3.05, 3.63) is 106 Å². The second kappa shape index (κ2) is 13.8. The molecule has 1 aliphatic carbocycles. The molecule has 5 aromatic rings. The van der Waals surface area contributed by atoms with Gasteiger partial charge in [-0.1, -0.05) is 60.7 Å². The highest BCUT2D eigenvalue weighted by Gasteiger charge is 2.28. The molecule has 0 aliphatic heterocycles. The van der Waals surface area contributed by atoms with Crippen LogP contribution in [0.15, 0.2) is 84.5 Å². The van der Waals surface area contributed by atoms with E-state index in [0.29, 0.717) is 17.2 Å². The molecule has 0 saturated heterocycles. The zero-order valence-electron chi connectivity index (χ0n) is 23.4. The third-order valence-electron chi connectivity index (χ3n) is 8.19. The Kier molecular flexibility index (Phi) is 9.43. The lowest BCUT2D eigenvalue weighted by molar-refractivity contribution is 0.452. The summed E-state index contributed by atoms with van der Waals surface area (Å²) in [5.74, 6) is 0.684. The van der Waals surface area contributed by atoms with E-state index in [1.165, 1.54) is 40.0 Å². The molecular weight excluding hydrogens is 546 g/mol. The summed E-state index contributed by atoms with van der Waals surface area (Å²) in [6.45, 7) is 4.23. The van der Waals surface area contributed by atoms with Crippen LogP contribution in [-0.2, 0) is 12.8 Å². The van der Waals surface area contributed by atoms with Crippen molar-refractivity contribution < 1.29 is 0 Å². The van der Waals surface area contributed by atoms with E-state index in [4.69, 9.17) is 16.6 Å². The number of nitrogens with one attached hydrogen (secondary N) is 2. The van der Waals surface area contributed by atoms with Crippen molar-refractivity contribution in [2.24, 2.45) is 5.92 Å². The maximum Gasteiger partial charge on any atom is 0.224 e. The van der Waals surface area contributed by atoms with Crippen molar-refractivity contribution in [1.82, 2.24) is 25.2 Å². The minimum absolute atomic E-state index is 0.313. The summed E-state index contributed by atoms with van der Waals surface area (Å²) < 4.78 is 2.38. The van der Waals surface area contributed by atoms with Crippen molar-refractivity contribution in [3.8, 4) is 10.4 Å². The number of benzene rings is 2. The molecule has 2 aromatic carbocycles. The van der Waals surface area contributed by atoms with Gasteiger partial charge in [0.15, 0.2) is 0 Å². The van der Waals surface area contributed by atoms with Crippen molar-refractivity contribution in [3.63, 3.8) is 0 Å². The van der Waals surface area contributed by atoms with Crippen LogP contribution >= 0.6 is 22.9 Å². The summed E-state index contributed by atoms with van der Waals surface area (Å²) in [6, 6.07) is 24.1. The van der Waals surface area contributed by atoms with Crippen molar-refractivity contribution in [2.45, 2.75) is 44.6 Å². The lowest BCUT2D eigenvalue weighted by Gasteiger charge is -2.15. The molecule has 212 valence electrons. The topological polar surface area (TPSA) is 54.8 Å². The van der Waals surface area contributed by atoms with Crippen LogP contribution < -0.4 is 10.6 Å². The summed E-state index contributed by atoms with van der Waals surface area (Å²) in [7, 11) is 0. The molecule has 0 radical (unpaired) electrons. The summed E-state index contributed by atoms with van der Waals surface area (Å²) in [4.78, 5) is 10.3. The highest BCUT2D eigenvalue weighted by molar-refractivity contribution is 7.13. The van der Waals surface area contributed by atoms with Gasteiger partial charge in [0.2, 0.25) is 5.28 Å². The Labute approximate surface area is 252 Å². The summed E-state index contributed by atoms with van der Waals surface area (Å²) in [6.07, 6.45) is 11.0. The minimum atomic E-state index is 0.313. The van der Waals surface area contributed by atoms with E-state index in [9.17, 15) is 0 Å². The molecule has 2 N–H and O–H groups in total. The number of nitrogens with zero attached hydrogens (tertiary/aromatic N) is 3. The zero-order chi connectivity index (χ0) is 27.9. The van der Waals surface area contributed by atoms with Gasteiger partial charge in [0.25, 0.3) is 0 Å². The molecule has 0 amide bonds. The number of rotatable bonds is 13. The molecule has 5 nitrogen and oxygen atoms in total. The number of aromatic nitrogens is 3. The zero-order valence-corrected chi connectivity index (χ0v) is 25.0. The van der Waals surface area contributed by atoms with Crippen LogP contribution in [0.2, 0.25) is 5.28 Å². The third-order valence-corrected chi connectivity index (χ3v) is 9.39. The van der Waals surface area contributed by atoms with E-state index >= 15 is 0 Å². The molecule has 3 heterocycles. The van der Waals surface area contributed by atoms with E-state index in [1.807, 2.05) is 6.20 Å². The Morgan fingerprint density at radius 1 is 0.902 bits per heavy atom. The number of hydrogen-bond acceptors (Lipinski definition) is 5. The Hall–Kier alpha value is -3.03. The minimum Gasteiger partial charge on any atom is -0.329 e. The first-order valence-corrected chi connectivity index (χ1v) is 16.1. The van der Waals surface area contributed by atoms with Gasteiger partial charge < -0.3 is 15.2 Å². The molecule has 0 bridgehead atoms. The molecule has 6 rings (SSSR count). The second-order valence-electron chi connectivity index (χ2n) is 11.2.